The highest BCUT2D eigenvalue weighted by Gasteiger charge is 2.30. The van der Waals surface area contributed by atoms with E-state index in [1.165, 1.54) is 16.9 Å². The Morgan fingerprint density at radius 3 is 2.83 bits per heavy atom. The second-order valence-corrected chi connectivity index (χ2v) is 8.43. The van der Waals surface area contributed by atoms with Crippen LogP contribution < -0.4 is 0 Å². The highest BCUT2D eigenvalue weighted by molar-refractivity contribution is 7.20. The maximum absolute atomic E-state index is 13.1. The van der Waals surface area contributed by atoms with Crippen LogP contribution in [-0.4, -0.2) is 46.3 Å². The average Bonchev–Trinajstić information content (AvgIpc) is 3.30. The molecule has 1 amide bonds. The molecule has 6 nitrogen and oxygen atoms in total. The fourth-order valence-electron chi connectivity index (χ4n) is 3.85. The summed E-state index contributed by atoms with van der Waals surface area (Å²) in [4.78, 5) is 28.7. The standard InChI is InChI=1S/C22H25N3O3S/c1-3-28-22(27)17-10-7-11-24(14-17)20(26)19-12-18-15(2)23-25(21(18)29-19)13-16-8-5-4-6-9-16/h4-6,8-9,12,17H,3,7,10-11,13-14H2,1-2H3/t17-/m0/s1. The van der Waals surface area contributed by atoms with E-state index in [1.54, 1.807) is 4.90 Å². The molecule has 1 aromatic carbocycles. The molecule has 0 N–H and O–H groups in total. The molecule has 0 unspecified atom stereocenters. The van der Waals surface area contributed by atoms with E-state index in [1.807, 2.05) is 42.8 Å². The molecule has 29 heavy (non-hydrogen) atoms. The van der Waals surface area contributed by atoms with Crippen molar-refractivity contribution < 1.29 is 14.3 Å². The molecule has 1 aliphatic rings. The van der Waals surface area contributed by atoms with Gasteiger partial charge in [0.25, 0.3) is 5.91 Å². The van der Waals surface area contributed by atoms with Crippen LogP contribution in [0.1, 0.15) is 40.7 Å². The Hall–Kier alpha value is -2.67. The number of likely N-dealkylation sites (tertiary alicyclic amines) is 1. The summed E-state index contributed by atoms with van der Waals surface area (Å²) in [7, 11) is 0. The second-order valence-electron chi connectivity index (χ2n) is 7.40. The zero-order valence-electron chi connectivity index (χ0n) is 16.8. The van der Waals surface area contributed by atoms with E-state index in [4.69, 9.17) is 4.74 Å². The first kappa shape index (κ1) is 19.6. The number of carbonyl (C=O) groups is 2. The van der Waals surface area contributed by atoms with Crippen molar-refractivity contribution in [3.63, 3.8) is 0 Å². The molecule has 3 heterocycles. The van der Waals surface area contributed by atoms with Crippen LogP contribution in [0.25, 0.3) is 10.2 Å². The molecule has 3 aromatic rings. The predicted molar refractivity (Wildman–Crippen MR) is 113 cm³/mol. The Kier molecular flexibility index (Phi) is 5.67. The average molecular weight is 412 g/mol. The van der Waals surface area contributed by atoms with Crippen molar-refractivity contribution in [1.29, 1.82) is 0 Å². The van der Waals surface area contributed by atoms with Crippen LogP contribution in [0, 0.1) is 12.8 Å². The van der Waals surface area contributed by atoms with Gasteiger partial charge in [-0.05, 0) is 38.3 Å². The van der Waals surface area contributed by atoms with Crippen LogP contribution in [0.2, 0.25) is 0 Å². The topological polar surface area (TPSA) is 64.4 Å². The number of esters is 1. The van der Waals surface area contributed by atoms with Gasteiger partial charge in [-0.25, -0.2) is 0 Å². The lowest BCUT2D eigenvalue weighted by Crippen LogP contribution is -2.42. The summed E-state index contributed by atoms with van der Waals surface area (Å²) in [5.74, 6) is -0.432. The van der Waals surface area contributed by atoms with Gasteiger partial charge < -0.3 is 9.64 Å². The number of amides is 1. The number of benzene rings is 1. The summed E-state index contributed by atoms with van der Waals surface area (Å²) in [6.07, 6.45) is 1.60. The number of ether oxygens (including phenoxy) is 1. The van der Waals surface area contributed by atoms with Crippen LogP contribution in [0.3, 0.4) is 0 Å². The van der Waals surface area contributed by atoms with Crippen LogP contribution in [0.15, 0.2) is 36.4 Å². The lowest BCUT2D eigenvalue weighted by atomic mass is 9.98. The number of carbonyl (C=O) groups excluding carboxylic acids is 2. The Bertz CT molecular complexity index is 1020. The smallest absolute Gasteiger partial charge is 0.310 e. The molecular weight excluding hydrogens is 386 g/mol. The van der Waals surface area contributed by atoms with E-state index >= 15 is 0 Å². The number of aromatic nitrogens is 2. The lowest BCUT2D eigenvalue weighted by molar-refractivity contribution is -0.149. The summed E-state index contributed by atoms with van der Waals surface area (Å²) < 4.78 is 7.12. The minimum Gasteiger partial charge on any atom is -0.466 e. The van der Waals surface area contributed by atoms with Gasteiger partial charge in [0.15, 0.2) is 0 Å². The molecule has 0 spiro atoms. The number of thiophene rings is 1. The maximum atomic E-state index is 13.1. The fraction of sp³-hybridized carbons (Fsp3) is 0.409. The molecule has 2 aromatic heterocycles. The molecule has 1 fully saturated rings. The molecule has 1 saturated heterocycles. The number of nitrogens with zero attached hydrogens (tertiary/aromatic N) is 3. The van der Waals surface area contributed by atoms with E-state index < -0.39 is 0 Å². The van der Waals surface area contributed by atoms with Gasteiger partial charge in [-0.3, -0.25) is 14.3 Å². The molecule has 4 rings (SSSR count). The largest absolute Gasteiger partial charge is 0.466 e. The highest BCUT2D eigenvalue weighted by Crippen LogP contribution is 2.31. The number of rotatable bonds is 5. The van der Waals surface area contributed by atoms with Gasteiger partial charge in [0.05, 0.1) is 29.6 Å². The summed E-state index contributed by atoms with van der Waals surface area (Å²) in [6, 6.07) is 12.1. The van der Waals surface area contributed by atoms with E-state index in [-0.39, 0.29) is 17.8 Å². The highest BCUT2D eigenvalue weighted by atomic mass is 32.1. The zero-order chi connectivity index (χ0) is 20.4. The van der Waals surface area contributed by atoms with Gasteiger partial charge in [0, 0.05) is 18.5 Å². The Balaban J connectivity index is 1.55. The van der Waals surface area contributed by atoms with Gasteiger partial charge in [0.1, 0.15) is 4.83 Å². The number of piperidine rings is 1. The summed E-state index contributed by atoms with van der Waals surface area (Å²) in [5.41, 5.74) is 2.10. The van der Waals surface area contributed by atoms with Crippen molar-refractivity contribution in [2.75, 3.05) is 19.7 Å². The van der Waals surface area contributed by atoms with Crippen LogP contribution in [0.5, 0.6) is 0 Å². The van der Waals surface area contributed by atoms with Crippen LogP contribution in [-0.2, 0) is 16.1 Å². The molecular formula is C22H25N3O3S. The van der Waals surface area contributed by atoms with E-state index in [2.05, 4.69) is 17.2 Å². The quantitative estimate of drug-likeness (QED) is 0.598. The maximum Gasteiger partial charge on any atom is 0.310 e. The Morgan fingerprint density at radius 1 is 1.28 bits per heavy atom. The van der Waals surface area contributed by atoms with E-state index in [9.17, 15) is 9.59 Å². The van der Waals surface area contributed by atoms with Gasteiger partial charge >= 0.3 is 5.97 Å². The van der Waals surface area contributed by atoms with Gasteiger partial charge in [0.2, 0.25) is 0 Å². The number of aryl methyl sites for hydroxylation is 1. The molecule has 0 radical (unpaired) electrons. The Labute approximate surface area is 174 Å². The van der Waals surface area contributed by atoms with E-state index in [0.29, 0.717) is 31.1 Å². The summed E-state index contributed by atoms with van der Waals surface area (Å²) >= 11 is 1.48. The molecule has 1 atom stereocenters. The molecule has 0 bridgehead atoms. The first-order chi connectivity index (χ1) is 14.1. The molecule has 0 aliphatic carbocycles. The predicted octanol–water partition coefficient (Wildman–Crippen LogP) is 3.87. The third-order valence-corrected chi connectivity index (χ3v) is 6.46. The van der Waals surface area contributed by atoms with Crippen molar-refractivity contribution in [3.8, 4) is 0 Å². The summed E-state index contributed by atoms with van der Waals surface area (Å²) in [6.45, 7) is 5.94. The SMILES string of the molecule is CCOC(=O)[C@H]1CCCN(C(=O)c2cc3c(C)nn(Cc4ccccc4)c3s2)C1. The van der Waals surface area contributed by atoms with Crippen molar-refractivity contribution >= 4 is 33.4 Å². The Morgan fingerprint density at radius 2 is 2.07 bits per heavy atom. The molecule has 152 valence electrons. The molecule has 0 saturated carbocycles. The normalized spacial score (nSPS) is 16.9. The van der Waals surface area contributed by atoms with Crippen molar-refractivity contribution in [3.05, 3.63) is 52.5 Å². The van der Waals surface area contributed by atoms with E-state index in [0.717, 1.165) is 28.8 Å². The van der Waals surface area contributed by atoms with Gasteiger partial charge in [-0.2, -0.15) is 5.10 Å². The number of hydrogen-bond donors (Lipinski definition) is 0. The van der Waals surface area contributed by atoms with Gasteiger partial charge in [-0.15, -0.1) is 11.3 Å². The fourth-order valence-corrected chi connectivity index (χ4v) is 4.98. The second kappa shape index (κ2) is 8.37. The number of fused-ring (bicyclic) bond motifs is 1. The third kappa shape index (κ3) is 4.05. The van der Waals surface area contributed by atoms with Crippen LogP contribution >= 0.6 is 11.3 Å². The monoisotopic (exact) mass is 411 g/mol. The zero-order valence-corrected chi connectivity index (χ0v) is 17.6. The minimum atomic E-state index is -0.225. The minimum absolute atomic E-state index is 0.00846. The van der Waals surface area contributed by atoms with Crippen molar-refractivity contribution in [1.82, 2.24) is 14.7 Å². The lowest BCUT2D eigenvalue weighted by Gasteiger charge is -2.31. The summed E-state index contributed by atoms with van der Waals surface area (Å²) in [5, 5.41) is 5.68. The third-order valence-electron chi connectivity index (χ3n) is 5.32. The van der Waals surface area contributed by atoms with Crippen molar-refractivity contribution in [2.24, 2.45) is 5.92 Å². The van der Waals surface area contributed by atoms with Gasteiger partial charge in [-0.1, -0.05) is 30.3 Å². The molecule has 7 heteroatoms. The van der Waals surface area contributed by atoms with Crippen molar-refractivity contribution in [2.45, 2.75) is 33.2 Å². The first-order valence-corrected chi connectivity index (χ1v) is 10.8. The number of hydrogen-bond acceptors (Lipinski definition) is 5. The molecule has 1 aliphatic heterocycles. The first-order valence-electron chi connectivity index (χ1n) is 10.0. The van der Waals surface area contributed by atoms with Crippen LogP contribution in [0.4, 0.5) is 0 Å².